The van der Waals surface area contributed by atoms with Crippen molar-refractivity contribution in [2.45, 2.75) is 19.3 Å². The third-order valence-electron chi connectivity index (χ3n) is 1.78. The van der Waals surface area contributed by atoms with Crippen molar-refractivity contribution < 1.29 is 26.7 Å². The molecule has 0 aliphatic rings. The maximum atomic E-state index is 12.3. The van der Waals surface area contributed by atoms with Crippen LogP contribution in [0.2, 0.25) is 0 Å². The van der Waals surface area contributed by atoms with Gasteiger partial charge in [0.05, 0.1) is 11.3 Å². The van der Waals surface area contributed by atoms with Crippen LogP contribution in [0.25, 0.3) is 0 Å². The fourth-order valence-electron chi connectivity index (χ4n) is 1.09. The minimum atomic E-state index is -5.05. The molecule has 1 aromatic rings. The van der Waals surface area contributed by atoms with Crippen molar-refractivity contribution in [3.8, 4) is 5.75 Å². The molecule has 1 rings (SSSR count). The molecule has 4 nitrogen and oxygen atoms in total. The van der Waals surface area contributed by atoms with Crippen LogP contribution in [0.5, 0.6) is 5.75 Å². The summed E-state index contributed by atoms with van der Waals surface area (Å²) in [4.78, 5) is 12.8. The van der Waals surface area contributed by atoms with E-state index in [0.29, 0.717) is 6.07 Å². The number of hydrogen-bond acceptors (Lipinski definition) is 3. The van der Waals surface area contributed by atoms with E-state index < -0.39 is 41.9 Å². The van der Waals surface area contributed by atoms with Gasteiger partial charge in [0.25, 0.3) is 12.0 Å². The molecule has 96 valence electrons. The molecule has 0 aliphatic carbocycles. The van der Waals surface area contributed by atoms with Crippen LogP contribution in [0.3, 0.4) is 0 Å². The van der Waals surface area contributed by atoms with Crippen LogP contribution in [0.1, 0.15) is 17.7 Å². The number of nitrogens with one attached hydrogen (secondary N) is 1. The molecule has 0 atom stereocenters. The lowest BCUT2D eigenvalue weighted by molar-refractivity contribution is -0.275. The Labute approximate surface area is 91.2 Å². The van der Waals surface area contributed by atoms with Crippen molar-refractivity contribution >= 4 is 0 Å². The highest BCUT2D eigenvalue weighted by Gasteiger charge is 2.33. The van der Waals surface area contributed by atoms with Crippen molar-refractivity contribution in [3.05, 3.63) is 27.7 Å². The monoisotopic (exact) mass is 258 g/mol. The predicted octanol–water partition coefficient (Wildman–Crippen LogP) is 1.67. The van der Waals surface area contributed by atoms with Gasteiger partial charge >= 0.3 is 6.36 Å². The standard InChI is InChI=1S/C8H7F5N2O2/c9-6(10)3-1-5(17-8(11,12)13)4(2-14)15-7(3)16/h1,6H,2,14H2,(H,15,16). The lowest BCUT2D eigenvalue weighted by Crippen LogP contribution is -2.23. The molecule has 3 N–H and O–H groups in total. The lowest BCUT2D eigenvalue weighted by atomic mass is 10.2. The van der Waals surface area contributed by atoms with Gasteiger partial charge in [-0.15, -0.1) is 13.2 Å². The summed E-state index contributed by atoms with van der Waals surface area (Å²) in [7, 11) is 0. The molecular weight excluding hydrogens is 251 g/mol. The quantitative estimate of drug-likeness (QED) is 0.810. The largest absolute Gasteiger partial charge is 0.573 e. The van der Waals surface area contributed by atoms with Gasteiger partial charge in [0.1, 0.15) is 0 Å². The Bertz CT molecular complexity index is 454. The van der Waals surface area contributed by atoms with Crippen molar-refractivity contribution in [2.75, 3.05) is 0 Å². The van der Waals surface area contributed by atoms with Crippen molar-refractivity contribution in [1.82, 2.24) is 4.98 Å². The Balaban J connectivity index is 3.27. The number of H-pyrrole nitrogens is 1. The van der Waals surface area contributed by atoms with Crippen LogP contribution >= 0.6 is 0 Å². The number of alkyl halides is 5. The molecule has 17 heavy (non-hydrogen) atoms. The van der Waals surface area contributed by atoms with Crippen molar-refractivity contribution in [1.29, 1.82) is 0 Å². The third kappa shape index (κ3) is 3.41. The number of aromatic amines is 1. The summed E-state index contributed by atoms with van der Waals surface area (Å²) in [6.07, 6.45) is -8.26. The molecule has 1 aromatic heterocycles. The van der Waals surface area contributed by atoms with Gasteiger partial charge in [-0.2, -0.15) is 0 Å². The van der Waals surface area contributed by atoms with E-state index >= 15 is 0 Å². The van der Waals surface area contributed by atoms with Gasteiger partial charge < -0.3 is 15.5 Å². The second-order valence-electron chi connectivity index (χ2n) is 2.95. The second kappa shape index (κ2) is 4.70. The minimum Gasteiger partial charge on any atom is -0.404 e. The topological polar surface area (TPSA) is 68.1 Å². The molecule has 0 aromatic carbocycles. The third-order valence-corrected chi connectivity index (χ3v) is 1.78. The number of nitrogens with two attached hydrogens (primary N) is 1. The van der Waals surface area contributed by atoms with Crippen LogP contribution in [0.4, 0.5) is 22.0 Å². The summed E-state index contributed by atoms with van der Waals surface area (Å²) >= 11 is 0. The molecule has 1 heterocycles. The predicted molar refractivity (Wildman–Crippen MR) is 46.6 cm³/mol. The van der Waals surface area contributed by atoms with Crippen molar-refractivity contribution in [3.63, 3.8) is 0 Å². The minimum absolute atomic E-state index is 0.333. The van der Waals surface area contributed by atoms with E-state index in [2.05, 4.69) is 4.74 Å². The van der Waals surface area contributed by atoms with Crippen molar-refractivity contribution in [2.24, 2.45) is 5.73 Å². The lowest BCUT2D eigenvalue weighted by Gasteiger charge is -2.13. The van der Waals surface area contributed by atoms with E-state index in [1.807, 2.05) is 4.98 Å². The first kappa shape index (κ1) is 13.4. The van der Waals surface area contributed by atoms with E-state index in [-0.39, 0.29) is 0 Å². The number of ether oxygens (including phenoxy) is 1. The molecule has 0 spiro atoms. The fraction of sp³-hybridized carbons (Fsp3) is 0.375. The molecule has 0 radical (unpaired) electrons. The molecular formula is C8H7F5N2O2. The Morgan fingerprint density at radius 3 is 2.41 bits per heavy atom. The van der Waals surface area contributed by atoms with E-state index in [9.17, 15) is 26.7 Å². The SMILES string of the molecule is NCc1[nH]c(=O)c(C(F)F)cc1OC(F)(F)F. The Morgan fingerprint density at radius 2 is 2.00 bits per heavy atom. The Hall–Kier alpha value is -1.64. The Kier molecular flexibility index (Phi) is 3.71. The fourth-order valence-corrected chi connectivity index (χ4v) is 1.09. The summed E-state index contributed by atoms with van der Waals surface area (Å²) < 4.78 is 63.9. The second-order valence-corrected chi connectivity index (χ2v) is 2.95. The van der Waals surface area contributed by atoms with Crippen LogP contribution < -0.4 is 16.0 Å². The zero-order chi connectivity index (χ0) is 13.2. The number of rotatable bonds is 3. The number of pyridine rings is 1. The van der Waals surface area contributed by atoms with Gasteiger partial charge in [0.15, 0.2) is 5.75 Å². The first-order valence-electron chi connectivity index (χ1n) is 4.24. The zero-order valence-corrected chi connectivity index (χ0v) is 8.15. The van der Waals surface area contributed by atoms with Gasteiger partial charge in [-0.1, -0.05) is 0 Å². The van der Waals surface area contributed by atoms with Crippen LogP contribution in [-0.2, 0) is 6.54 Å². The van der Waals surface area contributed by atoms with Gasteiger partial charge in [-0.05, 0) is 6.07 Å². The van der Waals surface area contributed by atoms with Gasteiger partial charge in [0, 0.05) is 6.54 Å². The molecule has 0 amide bonds. The summed E-state index contributed by atoms with van der Waals surface area (Å²) in [5.74, 6) is -0.935. The molecule has 9 heteroatoms. The van der Waals surface area contributed by atoms with E-state index in [0.717, 1.165) is 0 Å². The molecule has 0 unspecified atom stereocenters. The average Bonchev–Trinajstić information content (AvgIpc) is 2.17. The van der Waals surface area contributed by atoms with E-state index in [4.69, 9.17) is 5.73 Å². The summed E-state index contributed by atoms with van der Waals surface area (Å²) in [5, 5.41) is 0. The first-order valence-corrected chi connectivity index (χ1v) is 4.24. The zero-order valence-electron chi connectivity index (χ0n) is 8.15. The highest BCUT2D eigenvalue weighted by atomic mass is 19.4. The summed E-state index contributed by atoms with van der Waals surface area (Å²) in [6.45, 7) is -0.482. The van der Waals surface area contributed by atoms with Gasteiger partial charge in [0.2, 0.25) is 0 Å². The number of hydrogen-bond donors (Lipinski definition) is 2. The maximum absolute atomic E-state index is 12.3. The molecule has 0 saturated carbocycles. The summed E-state index contributed by atoms with van der Waals surface area (Å²) in [6, 6.07) is 0.333. The van der Waals surface area contributed by atoms with Gasteiger partial charge in [-0.3, -0.25) is 4.79 Å². The highest BCUT2D eigenvalue weighted by Crippen LogP contribution is 2.27. The molecule has 0 fully saturated rings. The van der Waals surface area contributed by atoms with Gasteiger partial charge in [-0.25, -0.2) is 8.78 Å². The summed E-state index contributed by atoms with van der Waals surface area (Å²) in [5.41, 5.74) is 2.34. The normalized spacial score (nSPS) is 11.9. The van der Waals surface area contributed by atoms with E-state index in [1.165, 1.54) is 0 Å². The molecule has 0 bridgehead atoms. The number of aromatic nitrogens is 1. The van der Waals surface area contributed by atoms with E-state index in [1.54, 1.807) is 0 Å². The average molecular weight is 258 g/mol. The first-order chi connectivity index (χ1) is 7.74. The molecule has 0 saturated heterocycles. The highest BCUT2D eigenvalue weighted by molar-refractivity contribution is 5.32. The Morgan fingerprint density at radius 1 is 1.41 bits per heavy atom. The molecule has 0 aliphatic heterocycles. The number of halogens is 5. The van der Waals surface area contributed by atoms with Crippen LogP contribution in [0, 0.1) is 0 Å². The van der Waals surface area contributed by atoms with Crippen LogP contribution in [-0.4, -0.2) is 11.3 Å². The maximum Gasteiger partial charge on any atom is 0.573 e. The smallest absolute Gasteiger partial charge is 0.404 e. The van der Waals surface area contributed by atoms with Crippen LogP contribution in [0.15, 0.2) is 10.9 Å².